The van der Waals surface area contributed by atoms with Gasteiger partial charge in [0.1, 0.15) is 5.15 Å². The van der Waals surface area contributed by atoms with E-state index in [2.05, 4.69) is 16.6 Å². The molecule has 0 bridgehead atoms. The molecule has 0 unspecified atom stereocenters. The van der Waals surface area contributed by atoms with Crippen LogP contribution in [-0.4, -0.2) is 16.9 Å². The Morgan fingerprint density at radius 2 is 2.00 bits per heavy atom. The highest BCUT2D eigenvalue weighted by Gasteiger charge is 2.37. The Kier molecular flexibility index (Phi) is 4.51. The maximum atomic E-state index is 13.2. The molecule has 1 aromatic carbocycles. The minimum absolute atomic E-state index is 0.0517. The molecule has 22 heavy (non-hydrogen) atoms. The Bertz CT molecular complexity index is 779. The van der Waals surface area contributed by atoms with Crippen molar-refractivity contribution in [1.82, 2.24) is 4.98 Å². The fraction of sp³-hybridized carbons (Fsp3) is 0.0667. The number of aromatic nitrogens is 1. The molecule has 0 atom stereocenters. The molecule has 2 N–H and O–H groups in total. The molecule has 114 valence electrons. The van der Waals surface area contributed by atoms with Crippen LogP contribution in [0.5, 0.6) is 0 Å². The first-order valence-electron chi connectivity index (χ1n) is 6.12. The molecule has 0 aliphatic rings. The topological polar surface area (TPSA) is 51.3 Å². The zero-order chi connectivity index (χ0) is 16.3. The summed E-state index contributed by atoms with van der Waals surface area (Å²) >= 11 is 5.85. The highest BCUT2D eigenvalue weighted by Crippen LogP contribution is 2.31. The predicted octanol–water partition coefficient (Wildman–Crippen LogP) is 4.55. The molecule has 0 amide bonds. The van der Waals surface area contributed by atoms with Crippen molar-refractivity contribution in [2.75, 3.05) is 0 Å². The zero-order valence-electron chi connectivity index (χ0n) is 11.2. The number of fused-ring (bicyclic) bond motifs is 1. The van der Waals surface area contributed by atoms with E-state index in [1.165, 1.54) is 6.07 Å². The lowest BCUT2D eigenvalue weighted by Crippen LogP contribution is -2.24. The lowest BCUT2D eigenvalue weighted by molar-refractivity contribution is -0.0580. The van der Waals surface area contributed by atoms with Crippen LogP contribution in [-0.2, 0) is 0 Å². The minimum atomic E-state index is -4.68. The number of hydrogen-bond acceptors (Lipinski definition) is 3. The van der Waals surface area contributed by atoms with Gasteiger partial charge in [-0.3, -0.25) is 0 Å². The van der Waals surface area contributed by atoms with E-state index in [-0.39, 0.29) is 16.4 Å². The predicted molar refractivity (Wildman–Crippen MR) is 82.4 cm³/mol. The summed E-state index contributed by atoms with van der Waals surface area (Å²) in [5.41, 5.74) is 4.28. The Hall–Kier alpha value is -2.34. The quantitative estimate of drug-likeness (QED) is 0.511. The van der Waals surface area contributed by atoms with Gasteiger partial charge in [-0.05, 0) is 6.07 Å². The van der Waals surface area contributed by atoms with Crippen molar-refractivity contribution in [1.29, 1.82) is 0 Å². The van der Waals surface area contributed by atoms with Gasteiger partial charge in [0.05, 0.1) is 11.2 Å². The second kappa shape index (κ2) is 6.19. The van der Waals surface area contributed by atoms with Gasteiger partial charge in [0.25, 0.3) is 0 Å². The summed E-state index contributed by atoms with van der Waals surface area (Å²) in [6.07, 6.45) is -2.88. The average molecular weight is 326 g/mol. The average Bonchev–Trinajstić information content (AvgIpc) is 2.46. The third-order valence-electron chi connectivity index (χ3n) is 2.84. The number of alkyl halides is 3. The minimum Gasteiger partial charge on any atom is -0.404 e. The number of halogens is 4. The van der Waals surface area contributed by atoms with Crippen molar-refractivity contribution >= 4 is 33.9 Å². The third-order valence-corrected chi connectivity index (χ3v) is 3.03. The number of nitrogens with zero attached hydrogens (tertiary/aromatic N) is 2. The largest absolute Gasteiger partial charge is 0.434 e. The maximum absolute atomic E-state index is 13.2. The molecule has 1 aromatic heterocycles. The van der Waals surface area contributed by atoms with Crippen LogP contribution in [0.3, 0.4) is 0 Å². The van der Waals surface area contributed by atoms with Crippen LogP contribution in [0.15, 0.2) is 59.8 Å². The number of benzene rings is 1. The van der Waals surface area contributed by atoms with Gasteiger partial charge in [0.2, 0.25) is 0 Å². The number of allylic oxidation sites excluding steroid dienone is 2. The van der Waals surface area contributed by atoms with Crippen molar-refractivity contribution < 1.29 is 13.2 Å². The van der Waals surface area contributed by atoms with Crippen LogP contribution < -0.4 is 5.73 Å². The Morgan fingerprint density at radius 3 is 2.59 bits per heavy atom. The molecule has 2 rings (SSSR count). The monoisotopic (exact) mass is 325 g/mol. The lowest BCUT2D eigenvalue weighted by atomic mass is 10.1. The molecule has 0 aliphatic carbocycles. The Morgan fingerprint density at radius 1 is 1.32 bits per heavy atom. The maximum Gasteiger partial charge on any atom is 0.434 e. The van der Waals surface area contributed by atoms with Crippen molar-refractivity contribution in [2.24, 2.45) is 10.7 Å². The third kappa shape index (κ3) is 3.28. The van der Waals surface area contributed by atoms with E-state index < -0.39 is 11.9 Å². The fourth-order valence-electron chi connectivity index (χ4n) is 1.87. The lowest BCUT2D eigenvalue weighted by Gasteiger charge is -2.12. The van der Waals surface area contributed by atoms with Crippen molar-refractivity contribution in [2.45, 2.75) is 6.18 Å². The highest BCUT2D eigenvalue weighted by molar-refractivity contribution is 6.30. The first kappa shape index (κ1) is 16.0. The molecule has 1 heterocycles. The number of hydrogen-bond donors (Lipinski definition) is 1. The number of nitrogens with two attached hydrogens (primary N) is 1. The summed E-state index contributed by atoms with van der Waals surface area (Å²) in [5, 5.41) is 0.505. The summed E-state index contributed by atoms with van der Waals surface area (Å²) in [6.45, 7) is 3.32. The van der Waals surface area contributed by atoms with Crippen LogP contribution in [0.2, 0.25) is 5.15 Å². The molecule has 0 saturated carbocycles. The van der Waals surface area contributed by atoms with Crippen molar-refractivity contribution in [3.63, 3.8) is 0 Å². The summed E-state index contributed by atoms with van der Waals surface area (Å²) in [7, 11) is 0. The highest BCUT2D eigenvalue weighted by atomic mass is 35.5. The second-order valence-corrected chi connectivity index (χ2v) is 4.65. The van der Waals surface area contributed by atoms with E-state index in [9.17, 15) is 13.2 Å². The molecule has 0 fully saturated rings. The van der Waals surface area contributed by atoms with Gasteiger partial charge >= 0.3 is 6.18 Å². The van der Waals surface area contributed by atoms with Crippen LogP contribution in [0.1, 0.15) is 0 Å². The number of rotatable bonds is 3. The molecular formula is C15H11ClF3N3. The summed E-state index contributed by atoms with van der Waals surface area (Å²) in [4.78, 5) is 7.75. The molecular weight excluding hydrogens is 315 g/mol. The van der Waals surface area contributed by atoms with Gasteiger partial charge in [-0.25, -0.2) is 9.98 Å². The smallest absolute Gasteiger partial charge is 0.404 e. The van der Waals surface area contributed by atoms with E-state index in [4.69, 9.17) is 17.3 Å². The van der Waals surface area contributed by atoms with Gasteiger partial charge in [-0.1, -0.05) is 42.5 Å². The SMILES string of the molecule is C=CC(=CN)C(=Nc1cc(Cl)nc2ccccc12)C(F)(F)F. The number of aliphatic imine (C=N–C) groups is 1. The molecule has 0 aliphatic heterocycles. The van der Waals surface area contributed by atoms with E-state index in [0.29, 0.717) is 10.9 Å². The second-order valence-electron chi connectivity index (χ2n) is 4.27. The standard InChI is InChI=1S/C15H11ClF3N3/c1-2-9(8-20)14(15(17,18)19)22-12-7-13(16)21-11-6-4-3-5-10(11)12/h2-8H,1,20H2. The molecule has 3 nitrogen and oxygen atoms in total. The van der Waals surface area contributed by atoms with Gasteiger partial charge < -0.3 is 5.73 Å². The number of pyridine rings is 1. The van der Waals surface area contributed by atoms with Gasteiger partial charge in [0.15, 0.2) is 5.71 Å². The Balaban J connectivity index is 2.75. The summed E-state index contributed by atoms with van der Waals surface area (Å²) in [6, 6.07) is 7.91. The molecule has 2 aromatic rings. The van der Waals surface area contributed by atoms with Crippen LogP contribution in [0, 0.1) is 0 Å². The molecule has 0 saturated heterocycles. The van der Waals surface area contributed by atoms with E-state index in [1.807, 2.05) is 0 Å². The zero-order valence-corrected chi connectivity index (χ0v) is 12.0. The van der Waals surface area contributed by atoms with Gasteiger partial charge in [-0.2, -0.15) is 13.2 Å². The summed E-state index contributed by atoms with van der Waals surface area (Å²) < 4.78 is 39.6. The normalized spacial score (nSPS) is 13.5. The molecule has 0 spiro atoms. The first-order chi connectivity index (χ1) is 10.4. The van der Waals surface area contributed by atoms with Crippen molar-refractivity contribution in [3.05, 3.63) is 59.9 Å². The summed E-state index contributed by atoms with van der Waals surface area (Å²) in [5.74, 6) is 0. The van der Waals surface area contributed by atoms with E-state index in [1.54, 1.807) is 24.3 Å². The fourth-order valence-corrected chi connectivity index (χ4v) is 2.07. The van der Waals surface area contributed by atoms with Gasteiger partial charge in [-0.15, -0.1) is 0 Å². The van der Waals surface area contributed by atoms with E-state index >= 15 is 0 Å². The van der Waals surface area contributed by atoms with Gasteiger partial charge in [0, 0.05) is 23.2 Å². The molecule has 7 heteroatoms. The number of para-hydroxylation sites is 1. The first-order valence-corrected chi connectivity index (χ1v) is 6.50. The molecule has 0 radical (unpaired) electrons. The van der Waals surface area contributed by atoms with Crippen LogP contribution in [0.4, 0.5) is 18.9 Å². The van der Waals surface area contributed by atoms with E-state index in [0.717, 1.165) is 12.3 Å². The van der Waals surface area contributed by atoms with Crippen LogP contribution >= 0.6 is 11.6 Å². The van der Waals surface area contributed by atoms with Crippen molar-refractivity contribution in [3.8, 4) is 0 Å². The Labute approximate surface area is 129 Å². The van der Waals surface area contributed by atoms with Crippen LogP contribution in [0.25, 0.3) is 10.9 Å².